The summed E-state index contributed by atoms with van der Waals surface area (Å²) in [5.74, 6) is 0.817. The van der Waals surface area contributed by atoms with Crippen molar-refractivity contribution in [3.8, 4) is 0 Å². The fourth-order valence-electron chi connectivity index (χ4n) is 3.31. The van der Waals surface area contributed by atoms with Crippen LogP contribution in [0.1, 0.15) is 65.7 Å². The SMILES string of the molecule is CC(C)(C)[S@+]([O-])N1CCCC1C1CCCCC1. The van der Waals surface area contributed by atoms with Gasteiger partial charge in [-0.2, -0.15) is 0 Å². The van der Waals surface area contributed by atoms with Crippen LogP contribution in [0.25, 0.3) is 0 Å². The van der Waals surface area contributed by atoms with Gasteiger partial charge in [0, 0.05) is 17.9 Å². The van der Waals surface area contributed by atoms with Gasteiger partial charge in [-0.15, -0.1) is 4.31 Å². The second-order valence-electron chi connectivity index (χ2n) is 6.61. The molecule has 2 atom stereocenters. The molecule has 0 radical (unpaired) electrons. The van der Waals surface area contributed by atoms with E-state index in [0.717, 1.165) is 12.5 Å². The van der Waals surface area contributed by atoms with Crippen LogP contribution < -0.4 is 0 Å². The molecule has 1 saturated heterocycles. The molecule has 1 heterocycles. The molecule has 2 fully saturated rings. The lowest BCUT2D eigenvalue weighted by atomic mass is 9.83. The summed E-state index contributed by atoms with van der Waals surface area (Å²) in [7, 11) is 0. The molecule has 1 aliphatic carbocycles. The largest absolute Gasteiger partial charge is 0.597 e. The Kier molecular flexibility index (Phi) is 4.43. The second kappa shape index (κ2) is 5.50. The maximum absolute atomic E-state index is 12.6. The maximum atomic E-state index is 12.6. The van der Waals surface area contributed by atoms with Gasteiger partial charge < -0.3 is 4.55 Å². The molecule has 3 heteroatoms. The molecular weight excluding hydrogens is 230 g/mol. The highest BCUT2D eigenvalue weighted by molar-refractivity contribution is 7.90. The zero-order valence-corrected chi connectivity index (χ0v) is 12.4. The molecule has 1 saturated carbocycles. The molecule has 0 aromatic carbocycles. The topological polar surface area (TPSA) is 26.3 Å². The van der Waals surface area contributed by atoms with Crippen molar-refractivity contribution in [2.24, 2.45) is 5.92 Å². The van der Waals surface area contributed by atoms with E-state index < -0.39 is 11.4 Å². The molecule has 1 unspecified atom stereocenters. The van der Waals surface area contributed by atoms with Crippen molar-refractivity contribution >= 4 is 11.4 Å². The zero-order chi connectivity index (χ0) is 12.5. The zero-order valence-electron chi connectivity index (χ0n) is 11.6. The van der Waals surface area contributed by atoms with Crippen LogP contribution in [0, 0.1) is 5.92 Å². The maximum Gasteiger partial charge on any atom is 0.137 e. The van der Waals surface area contributed by atoms with E-state index in [0.29, 0.717) is 6.04 Å². The molecule has 100 valence electrons. The van der Waals surface area contributed by atoms with E-state index in [1.54, 1.807) is 0 Å². The van der Waals surface area contributed by atoms with Crippen molar-refractivity contribution in [2.75, 3.05) is 6.54 Å². The van der Waals surface area contributed by atoms with Crippen LogP contribution in [0.3, 0.4) is 0 Å². The van der Waals surface area contributed by atoms with Gasteiger partial charge in [-0.3, -0.25) is 0 Å². The molecule has 0 bridgehead atoms. The minimum absolute atomic E-state index is 0.0999. The molecule has 2 aliphatic rings. The van der Waals surface area contributed by atoms with Crippen LogP contribution in [0.5, 0.6) is 0 Å². The highest BCUT2D eigenvalue weighted by Crippen LogP contribution is 2.37. The number of hydrogen-bond donors (Lipinski definition) is 0. The molecule has 0 aromatic heterocycles. The van der Waals surface area contributed by atoms with E-state index in [2.05, 4.69) is 25.1 Å². The summed E-state index contributed by atoms with van der Waals surface area (Å²) in [4.78, 5) is 0. The van der Waals surface area contributed by atoms with Gasteiger partial charge in [-0.05, 0) is 52.4 Å². The molecule has 0 amide bonds. The minimum Gasteiger partial charge on any atom is -0.597 e. The lowest BCUT2D eigenvalue weighted by molar-refractivity contribution is 0.223. The summed E-state index contributed by atoms with van der Waals surface area (Å²) in [5.41, 5.74) is 0. The fourth-order valence-corrected chi connectivity index (χ4v) is 4.84. The standard InChI is InChI=1S/C14H27NOS/c1-14(2,3)17(16)15-11-7-10-13(15)12-8-5-4-6-9-12/h12-13H,4-11H2,1-3H3/t13?,17-/m0/s1. The van der Waals surface area contributed by atoms with Gasteiger partial charge in [0.2, 0.25) is 0 Å². The Balaban J connectivity index is 2.01. The Bertz CT molecular complexity index is 245. The lowest BCUT2D eigenvalue weighted by Gasteiger charge is -2.37. The molecule has 1 aliphatic heterocycles. The Morgan fingerprint density at radius 3 is 2.24 bits per heavy atom. The molecule has 0 N–H and O–H groups in total. The Labute approximate surface area is 109 Å². The highest BCUT2D eigenvalue weighted by Gasteiger charge is 2.43. The van der Waals surface area contributed by atoms with Gasteiger partial charge in [-0.25, -0.2) is 0 Å². The van der Waals surface area contributed by atoms with E-state index in [1.165, 1.54) is 44.9 Å². The Morgan fingerprint density at radius 1 is 1.00 bits per heavy atom. The molecule has 0 aromatic rings. The second-order valence-corrected chi connectivity index (χ2v) is 8.80. The van der Waals surface area contributed by atoms with Crippen LogP contribution >= 0.6 is 0 Å². The van der Waals surface area contributed by atoms with E-state index in [4.69, 9.17) is 0 Å². The van der Waals surface area contributed by atoms with Crippen molar-refractivity contribution in [1.29, 1.82) is 0 Å². The van der Waals surface area contributed by atoms with Crippen LogP contribution in [-0.4, -0.2) is 26.2 Å². The minimum atomic E-state index is -0.811. The highest BCUT2D eigenvalue weighted by atomic mass is 32.2. The van der Waals surface area contributed by atoms with Gasteiger partial charge >= 0.3 is 0 Å². The summed E-state index contributed by atoms with van der Waals surface area (Å²) < 4.78 is 14.8. The third kappa shape index (κ3) is 3.18. The number of nitrogens with zero attached hydrogens (tertiary/aromatic N) is 1. The normalized spacial score (nSPS) is 30.7. The quantitative estimate of drug-likeness (QED) is 0.708. The summed E-state index contributed by atoms with van der Waals surface area (Å²) in [6, 6.07) is 0.607. The van der Waals surface area contributed by atoms with Crippen molar-refractivity contribution in [2.45, 2.75) is 76.5 Å². The van der Waals surface area contributed by atoms with E-state index in [1.807, 2.05) is 0 Å². The average molecular weight is 257 g/mol. The first-order valence-electron chi connectivity index (χ1n) is 7.19. The number of hydrogen-bond acceptors (Lipinski definition) is 2. The van der Waals surface area contributed by atoms with Crippen molar-refractivity contribution in [3.05, 3.63) is 0 Å². The van der Waals surface area contributed by atoms with E-state index >= 15 is 0 Å². The first kappa shape index (κ1) is 13.7. The third-order valence-electron chi connectivity index (χ3n) is 4.18. The summed E-state index contributed by atoms with van der Waals surface area (Å²) in [6.07, 6.45) is 9.42. The Morgan fingerprint density at radius 2 is 1.65 bits per heavy atom. The smallest absolute Gasteiger partial charge is 0.137 e. The van der Waals surface area contributed by atoms with Crippen molar-refractivity contribution in [1.82, 2.24) is 4.31 Å². The first-order chi connectivity index (χ1) is 8.00. The summed E-state index contributed by atoms with van der Waals surface area (Å²) in [5, 5.41) is 0. The molecule has 2 nitrogen and oxygen atoms in total. The van der Waals surface area contributed by atoms with Gasteiger partial charge in [0.15, 0.2) is 0 Å². The first-order valence-corrected chi connectivity index (χ1v) is 8.29. The van der Waals surface area contributed by atoms with Crippen molar-refractivity contribution < 1.29 is 4.55 Å². The average Bonchev–Trinajstić information content (AvgIpc) is 2.76. The van der Waals surface area contributed by atoms with Gasteiger partial charge in [0.05, 0.1) is 6.04 Å². The van der Waals surface area contributed by atoms with Gasteiger partial charge in [0.1, 0.15) is 4.75 Å². The van der Waals surface area contributed by atoms with Crippen LogP contribution in [0.4, 0.5) is 0 Å². The van der Waals surface area contributed by atoms with Gasteiger partial charge in [-0.1, -0.05) is 19.3 Å². The lowest BCUT2D eigenvalue weighted by Crippen LogP contribution is -2.47. The summed E-state index contributed by atoms with van der Waals surface area (Å²) in [6.45, 7) is 7.34. The third-order valence-corrected chi connectivity index (χ3v) is 6.11. The van der Waals surface area contributed by atoms with Crippen LogP contribution in [0.2, 0.25) is 0 Å². The monoisotopic (exact) mass is 257 g/mol. The molecule has 0 spiro atoms. The van der Waals surface area contributed by atoms with E-state index in [9.17, 15) is 4.55 Å². The molecule has 17 heavy (non-hydrogen) atoms. The fraction of sp³-hybridized carbons (Fsp3) is 1.00. The summed E-state index contributed by atoms with van der Waals surface area (Å²) >= 11 is -0.811. The van der Waals surface area contributed by atoms with Crippen LogP contribution in [-0.2, 0) is 11.4 Å². The van der Waals surface area contributed by atoms with Crippen molar-refractivity contribution in [3.63, 3.8) is 0 Å². The van der Waals surface area contributed by atoms with Crippen LogP contribution in [0.15, 0.2) is 0 Å². The molecular formula is C14H27NOS. The van der Waals surface area contributed by atoms with E-state index in [-0.39, 0.29) is 4.75 Å². The van der Waals surface area contributed by atoms with Gasteiger partial charge in [0.25, 0.3) is 0 Å². The Hall–Kier alpha value is 0.270. The predicted octanol–water partition coefficient (Wildman–Crippen LogP) is 3.49. The predicted molar refractivity (Wildman–Crippen MR) is 74.2 cm³/mol. The molecule has 2 rings (SSSR count). The number of rotatable bonds is 2.